The molecule has 0 saturated carbocycles. The van der Waals surface area contributed by atoms with Crippen molar-refractivity contribution in [3.8, 4) is 0 Å². The first-order valence-electron chi connectivity index (χ1n) is 8.97. The van der Waals surface area contributed by atoms with Gasteiger partial charge in [-0.05, 0) is 28.5 Å². The number of carbonyl (C=O) groups excluding carboxylic acids is 2. The number of hydrogen-bond acceptors (Lipinski definition) is 4. The molecule has 0 fully saturated rings. The summed E-state index contributed by atoms with van der Waals surface area (Å²) in [6, 6.07) is 21.0. The van der Waals surface area contributed by atoms with Crippen LogP contribution in [0.25, 0.3) is 16.5 Å². The Balaban J connectivity index is 1.82. The first kappa shape index (κ1) is 17.8. The molecule has 0 aromatic heterocycles. The van der Waals surface area contributed by atoms with Crippen molar-refractivity contribution >= 4 is 34.1 Å². The molecule has 0 unspecified atom stereocenters. The molecule has 1 aliphatic heterocycles. The van der Waals surface area contributed by atoms with Crippen molar-refractivity contribution < 1.29 is 19.4 Å². The van der Waals surface area contributed by atoms with Gasteiger partial charge >= 0.3 is 5.97 Å². The average molecular weight is 373 g/mol. The lowest BCUT2D eigenvalue weighted by Gasteiger charge is -2.24. The summed E-state index contributed by atoms with van der Waals surface area (Å²) in [5, 5.41) is 12.8. The lowest BCUT2D eigenvalue weighted by molar-refractivity contribution is -0.137. The number of aliphatic hydroxyl groups is 1. The molecule has 5 nitrogen and oxygen atoms in total. The molecular weight excluding hydrogens is 354 g/mol. The number of methoxy groups -OCH3 is 1. The van der Waals surface area contributed by atoms with Gasteiger partial charge < -0.3 is 14.7 Å². The number of anilines is 1. The maximum atomic E-state index is 13.1. The number of hydrogen-bond donors (Lipinski definition) is 1. The lowest BCUT2D eigenvalue weighted by atomic mass is 10.0. The quantitative estimate of drug-likeness (QED) is 0.698. The second-order valence-corrected chi connectivity index (χ2v) is 6.63. The Hall–Kier alpha value is -3.60. The molecule has 0 radical (unpaired) electrons. The summed E-state index contributed by atoms with van der Waals surface area (Å²) in [5.41, 5.74) is 1.97. The highest BCUT2D eigenvalue weighted by Gasteiger charge is 2.31. The number of rotatable bonds is 3. The van der Waals surface area contributed by atoms with Gasteiger partial charge in [-0.25, -0.2) is 4.79 Å². The molecule has 3 aromatic carbocycles. The SMILES string of the molecule is COC(=O)C1=C(O)c2ccccc2N(Cc2cccc3ccccc23)C(=O)C1. The molecule has 0 spiro atoms. The number of esters is 1. The number of nitrogens with zero attached hydrogens (tertiary/aromatic N) is 1. The van der Waals surface area contributed by atoms with E-state index in [0.717, 1.165) is 16.3 Å². The van der Waals surface area contributed by atoms with Gasteiger partial charge in [-0.2, -0.15) is 0 Å². The van der Waals surface area contributed by atoms with Crippen LogP contribution in [-0.2, 0) is 20.9 Å². The smallest absolute Gasteiger partial charge is 0.338 e. The third-order valence-electron chi connectivity index (χ3n) is 5.01. The van der Waals surface area contributed by atoms with E-state index in [1.165, 1.54) is 7.11 Å². The first-order valence-corrected chi connectivity index (χ1v) is 8.97. The highest BCUT2D eigenvalue weighted by atomic mass is 16.5. The summed E-state index contributed by atoms with van der Waals surface area (Å²) in [4.78, 5) is 26.8. The van der Waals surface area contributed by atoms with Gasteiger partial charge in [0.1, 0.15) is 5.76 Å². The zero-order valence-electron chi connectivity index (χ0n) is 15.4. The van der Waals surface area contributed by atoms with Crippen LogP contribution < -0.4 is 4.90 Å². The van der Waals surface area contributed by atoms with Crippen molar-refractivity contribution in [1.82, 2.24) is 0 Å². The van der Waals surface area contributed by atoms with Gasteiger partial charge in [0.15, 0.2) is 0 Å². The fourth-order valence-corrected chi connectivity index (χ4v) is 3.60. The van der Waals surface area contributed by atoms with Crippen LogP contribution in [0.5, 0.6) is 0 Å². The van der Waals surface area contributed by atoms with E-state index in [2.05, 4.69) is 0 Å². The van der Waals surface area contributed by atoms with Crippen LogP contribution in [0, 0.1) is 0 Å². The summed E-state index contributed by atoms with van der Waals surface area (Å²) in [6.07, 6.45) is -0.224. The second-order valence-electron chi connectivity index (χ2n) is 6.63. The van der Waals surface area contributed by atoms with Crippen LogP contribution >= 0.6 is 0 Å². The molecule has 1 N–H and O–H groups in total. The van der Waals surface area contributed by atoms with Gasteiger partial charge in [-0.1, -0.05) is 54.6 Å². The Morgan fingerprint density at radius 1 is 1.04 bits per heavy atom. The molecule has 4 rings (SSSR count). The first-order chi connectivity index (χ1) is 13.6. The number of carbonyl (C=O) groups is 2. The van der Waals surface area contributed by atoms with Gasteiger partial charge in [0.05, 0.1) is 31.3 Å². The molecule has 140 valence electrons. The Labute approximate surface area is 162 Å². The van der Waals surface area contributed by atoms with Crippen LogP contribution in [0.15, 0.2) is 72.3 Å². The van der Waals surface area contributed by atoms with Crippen molar-refractivity contribution in [3.63, 3.8) is 0 Å². The molecule has 0 saturated heterocycles. The van der Waals surface area contributed by atoms with E-state index in [4.69, 9.17) is 4.74 Å². The van der Waals surface area contributed by atoms with E-state index in [0.29, 0.717) is 17.8 Å². The average Bonchev–Trinajstić information content (AvgIpc) is 2.84. The Kier molecular flexibility index (Phi) is 4.57. The summed E-state index contributed by atoms with van der Waals surface area (Å²) in [7, 11) is 1.23. The van der Waals surface area contributed by atoms with E-state index in [-0.39, 0.29) is 23.7 Å². The van der Waals surface area contributed by atoms with Gasteiger partial charge in [0.25, 0.3) is 0 Å². The number of fused-ring (bicyclic) bond motifs is 2. The molecule has 0 bridgehead atoms. The molecule has 1 heterocycles. The molecule has 3 aromatic rings. The molecular formula is C23H19NO4. The van der Waals surface area contributed by atoms with Crippen molar-refractivity contribution in [2.24, 2.45) is 0 Å². The summed E-state index contributed by atoms with van der Waals surface area (Å²) in [6.45, 7) is 0.332. The van der Waals surface area contributed by atoms with Crippen molar-refractivity contribution in [2.75, 3.05) is 12.0 Å². The maximum Gasteiger partial charge on any atom is 0.338 e. The number of amides is 1. The van der Waals surface area contributed by atoms with Gasteiger partial charge in [-0.3, -0.25) is 4.79 Å². The Bertz CT molecular complexity index is 1110. The Morgan fingerprint density at radius 2 is 1.75 bits per heavy atom. The van der Waals surface area contributed by atoms with Crippen LogP contribution in [0.2, 0.25) is 0 Å². The topological polar surface area (TPSA) is 66.8 Å². The Morgan fingerprint density at radius 3 is 2.57 bits per heavy atom. The van der Waals surface area contributed by atoms with E-state index in [9.17, 15) is 14.7 Å². The fourth-order valence-electron chi connectivity index (χ4n) is 3.60. The summed E-state index contributed by atoms with van der Waals surface area (Å²) < 4.78 is 4.76. The van der Waals surface area contributed by atoms with E-state index in [1.54, 1.807) is 29.2 Å². The summed E-state index contributed by atoms with van der Waals surface area (Å²) in [5.74, 6) is -1.19. The van der Waals surface area contributed by atoms with E-state index in [1.807, 2.05) is 42.5 Å². The van der Waals surface area contributed by atoms with Gasteiger partial charge in [0, 0.05) is 5.56 Å². The molecule has 1 amide bonds. The molecule has 5 heteroatoms. The van der Waals surface area contributed by atoms with E-state index >= 15 is 0 Å². The van der Waals surface area contributed by atoms with Gasteiger partial charge in [-0.15, -0.1) is 0 Å². The van der Waals surface area contributed by atoms with Crippen LogP contribution in [0.1, 0.15) is 17.5 Å². The second kappa shape index (κ2) is 7.19. The minimum absolute atomic E-state index is 0.0274. The number of para-hydroxylation sites is 1. The minimum atomic E-state index is -0.701. The zero-order valence-corrected chi connectivity index (χ0v) is 15.4. The lowest BCUT2D eigenvalue weighted by Crippen LogP contribution is -2.30. The van der Waals surface area contributed by atoms with Gasteiger partial charge in [0.2, 0.25) is 5.91 Å². The van der Waals surface area contributed by atoms with Crippen molar-refractivity contribution in [3.05, 3.63) is 83.4 Å². The third kappa shape index (κ3) is 3.01. The number of aliphatic hydroxyl groups excluding tert-OH is 1. The van der Waals surface area contributed by atoms with Crippen LogP contribution in [0.3, 0.4) is 0 Å². The fraction of sp³-hybridized carbons (Fsp3) is 0.130. The predicted molar refractivity (Wildman–Crippen MR) is 108 cm³/mol. The van der Waals surface area contributed by atoms with Crippen LogP contribution in [0.4, 0.5) is 5.69 Å². The zero-order chi connectivity index (χ0) is 19.7. The maximum absolute atomic E-state index is 13.1. The highest BCUT2D eigenvalue weighted by molar-refractivity contribution is 6.09. The molecule has 0 atom stereocenters. The molecule has 0 aliphatic carbocycles. The molecule has 28 heavy (non-hydrogen) atoms. The molecule has 1 aliphatic rings. The number of benzene rings is 3. The largest absolute Gasteiger partial charge is 0.507 e. The standard InChI is InChI=1S/C23H19NO4/c1-28-23(27)19-13-21(25)24(20-12-5-4-11-18(20)22(19)26)14-16-9-6-8-15-7-2-3-10-17(15)16/h2-12,26H,13-14H2,1H3. The van der Waals surface area contributed by atoms with E-state index < -0.39 is 5.97 Å². The highest BCUT2D eigenvalue weighted by Crippen LogP contribution is 2.35. The minimum Gasteiger partial charge on any atom is -0.507 e. The normalized spacial score (nSPS) is 14.0. The van der Waals surface area contributed by atoms with Crippen molar-refractivity contribution in [2.45, 2.75) is 13.0 Å². The number of ether oxygens (including phenoxy) is 1. The van der Waals surface area contributed by atoms with Crippen molar-refractivity contribution in [1.29, 1.82) is 0 Å². The predicted octanol–water partition coefficient (Wildman–Crippen LogP) is 4.22. The third-order valence-corrected chi connectivity index (χ3v) is 5.01. The van der Waals surface area contributed by atoms with Crippen LogP contribution in [-0.4, -0.2) is 24.1 Å². The summed E-state index contributed by atoms with van der Waals surface area (Å²) >= 11 is 0. The monoisotopic (exact) mass is 373 g/mol.